The zero-order valence-electron chi connectivity index (χ0n) is 16.9. The van der Waals surface area contributed by atoms with Crippen LogP contribution in [0.2, 0.25) is 5.02 Å². The number of hydrogen-bond acceptors (Lipinski definition) is 5. The van der Waals surface area contributed by atoms with Crippen molar-refractivity contribution in [2.24, 2.45) is 0 Å². The highest BCUT2D eigenvalue weighted by Crippen LogP contribution is 2.60. The number of aromatic nitrogens is 1. The molecule has 3 saturated carbocycles. The Morgan fingerprint density at radius 2 is 1.81 bits per heavy atom. The number of nitrogens with zero attached hydrogens (tertiary/aromatic N) is 1. The van der Waals surface area contributed by atoms with E-state index in [1.165, 1.54) is 23.5 Å². The summed E-state index contributed by atoms with van der Waals surface area (Å²) < 4.78 is 18.8. The molecule has 0 spiro atoms. The first kappa shape index (κ1) is 20.9. The minimum absolute atomic E-state index is 0.00282. The second kappa shape index (κ2) is 7.86. The van der Waals surface area contributed by atoms with Crippen molar-refractivity contribution >= 4 is 34.8 Å². The fourth-order valence-electron chi connectivity index (χ4n) is 4.50. The maximum absolute atomic E-state index is 13.5. The summed E-state index contributed by atoms with van der Waals surface area (Å²) in [5.41, 5.74) is 0.782. The second-order valence-corrected chi connectivity index (χ2v) is 9.63. The third-order valence-corrected chi connectivity index (χ3v) is 7.03. The molecule has 9 heteroatoms. The molecule has 3 aliphatic rings. The van der Waals surface area contributed by atoms with Crippen LogP contribution < -0.4 is 15.4 Å². The van der Waals surface area contributed by atoms with Crippen molar-refractivity contribution in [3.63, 3.8) is 0 Å². The molecule has 3 fully saturated rings. The van der Waals surface area contributed by atoms with Crippen LogP contribution in [0.1, 0.15) is 29.8 Å². The summed E-state index contributed by atoms with van der Waals surface area (Å²) in [4.78, 5) is 29.3. The van der Waals surface area contributed by atoms with Gasteiger partial charge in [-0.1, -0.05) is 41.9 Å². The number of rotatable bonds is 7. The average Bonchev–Trinajstić information content (AvgIpc) is 3.23. The van der Waals surface area contributed by atoms with E-state index in [9.17, 15) is 14.0 Å². The lowest BCUT2D eigenvalue weighted by molar-refractivity contribution is -0.141. The lowest BCUT2D eigenvalue weighted by Gasteiger charge is -2.70. The Kier molecular flexibility index (Phi) is 5.14. The van der Waals surface area contributed by atoms with E-state index in [0.29, 0.717) is 25.0 Å². The van der Waals surface area contributed by atoms with Gasteiger partial charge < -0.3 is 15.4 Å². The molecule has 32 heavy (non-hydrogen) atoms. The molecule has 2 amide bonds. The van der Waals surface area contributed by atoms with Gasteiger partial charge in [-0.05, 0) is 31.4 Å². The van der Waals surface area contributed by atoms with Gasteiger partial charge in [-0.2, -0.15) is 0 Å². The van der Waals surface area contributed by atoms with Gasteiger partial charge in [0.05, 0.1) is 5.02 Å². The summed E-state index contributed by atoms with van der Waals surface area (Å²) in [6.45, 7) is -0.219. The topological polar surface area (TPSA) is 80.3 Å². The van der Waals surface area contributed by atoms with Gasteiger partial charge in [-0.3, -0.25) is 9.59 Å². The van der Waals surface area contributed by atoms with E-state index in [2.05, 4.69) is 15.6 Å². The summed E-state index contributed by atoms with van der Waals surface area (Å²) in [6, 6.07) is 13.8. The predicted molar refractivity (Wildman–Crippen MR) is 119 cm³/mol. The van der Waals surface area contributed by atoms with Crippen molar-refractivity contribution in [1.82, 2.24) is 15.6 Å². The molecule has 0 radical (unpaired) electrons. The van der Waals surface area contributed by atoms with Crippen LogP contribution in [0.25, 0.3) is 10.6 Å². The summed E-state index contributed by atoms with van der Waals surface area (Å²) in [5, 5.41) is 8.61. The molecule has 1 heterocycles. The Morgan fingerprint density at radius 1 is 1.09 bits per heavy atom. The van der Waals surface area contributed by atoms with Gasteiger partial charge in [0.25, 0.3) is 11.8 Å². The van der Waals surface area contributed by atoms with Crippen molar-refractivity contribution in [3.8, 4) is 16.3 Å². The molecule has 0 saturated heterocycles. The first-order valence-electron chi connectivity index (χ1n) is 10.1. The fraction of sp³-hybridized carbons (Fsp3) is 0.261. The molecule has 164 valence electrons. The molecule has 0 aliphatic heterocycles. The number of halogens is 2. The van der Waals surface area contributed by atoms with E-state index in [-0.39, 0.29) is 40.3 Å². The fourth-order valence-corrected chi connectivity index (χ4v) is 5.42. The average molecular weight is 472 g/mol. The molecule has 2 aromatic carbocycles. The molecule has 3 aliphatic carbocycles. The molecular weight excluding hydrogens is 453 g/mol. The number of carbonyl (C=O) groups excluding carboxylic acids is 2. The second-order valence-electron chi connectivity index (χ2n) is 8.36. The van der Waals surface area contributed by atoms with Crippen LogP contribution in [0.3, 0.4) is 0 Å². The van der Waals surface area contributed by atoms with E-state index >= 15 is 0 Å². The SMILES string of the molecule is O=C(COc1ccc(Cl)c(F)c1)NC12CC(NC(=O)c3csc(-c4ccccc4)n3)(C1)C2. The number of carbonyl (C=O) groups is 2. The Morgan fingerprint density at radius 3 is 2.53 bits per heavy atom. The van der Waals surface area contributed by atoms with Crippen molar-refractivity contribution in [3.05, 3.63) is 70.4 Å². The quantitative estimate of drug-likeness (QED) is 0.541. The van der Waals surface area contributed by atoms with E-state index < -0.39 is 5.82 Å². The van der Waals surface area contributed by atoms with Gasteiger partial charge >= 0.3 is 0 Å². The summed E-state index contributed by atoms with van der Waals surface area (Å²) >= 11 is 7.07. The first-order chi connectivity index (χ1) is 15.4. The van der Waals surface area contributed by atoms with Crippen molar-refractivity contribution in [1.29, 1.82) is 0 Å². The highest BCUT2D eigenvalue weighted by atomic mass is 35.5. The highest BCUT2D eigenvalue weighted by molar-refractivity contribution is 7.13. The zero-order chi connectivity index (χ0) is 22.3. The van der Waals surface area contributed by atoms with Crippen molar-refractivity contribution in [2.75, 3.05) is 6.61 Å². The van der Waals surface area contributed by atoms with Crippen LogP contribution in [0.15, 0.2) is 53.9 Å². The van der Waals surface area contributed by atoms with Gasteiger partial charge in [0, 0.05) is 28.1 Å². The minimum atomic E-state index is -0.599. The van der Waals surface area contributed by atoms with Crippen molar-refractivity contribution in [2.45, 2.75) is 30.3 Å². The third kappa shape index (κ3) is 3.96. The summed E-state index contributed by atoms with van der Waals surface area (Å²) in [7, 11) is 0. The van der Waals surface area contributed by atoms with Gasteiger partial charge in [0.2, 0.25) is 0 Å². The maximum atomic E-state index is 13.5. The van der Waals surface area contributed by atoms with Crippen LogP contribution >= 0.6 is 22.9 Å². The van der Waals surface area contributed by atoms with E-state index in [4.69, 9.17) is 16.3 Å². The standard InChI is InChI=1S/C23H19ClFN3O3S/c24-16-7-6-15(8-17(16)25)31-9-19(29)27-22-11-23(12-22,13-22)28-20(30)18-10-32-21(26-18)14-4-2-1-3-5-14/h1-8,10H,9,11-13H2,(H,27,29)(H,28,30). The third-order valence-electron chi connectivity index (χ3n) is 5.83. The Bertz CT molecular complexity index is 1180. The minimum Gasteiger partial charge on any atom is -0.484 e. The van der Waals surface area contributed by atoms with E-state index in [0.717, 1.165) is 16.6 Å². The van der Waals surface area contributed by atoms with Crippen LogP contribution in [0, 0.1) is 5.82 Å². The van der Waals surface area contributed by atoms with E-state index in [1.54, 1.807) is 5.38 Å². The number of benzene rings is 2. The lowest BCUT2D eigenvalue weighted by Crippen LogP contribution is -2.84. The Labute approximate surface area is 192 Å². The molecule has 2 N–H and O–H groups in total. The number of hydrogen-bond donors (Lipinski definition) is 2. The van der Waals surface area contributed by atoms with Gasteiger partial charge in [0.15, 0.2) is 6.61 Å². The first-order valence-corrected chi connectivity index (χ1v) is 11.3. The highest BCUT2D eigenvalue weighted by Gasteiger charge is 2.69. The van der Waals surface area contributed by atoms with Crippen molar-refractivity contribution < 1.29 is 18.7 Å². The molecule has 0 unspecified atom stereocenters. The monoisotopic (exact) mass is 471 g/mol. The van der Waals surface area contributed by atoms with Crippen LogP contribution in [0.4, 0.5) is 4.39 Å². The molecule has 3 aromatic rings. The number of thiazole rings is 1. The molecular formula is C23H19ClFN3O3S. The van der Waals surface area contributed by atoms with Gasteiger partial charge in [0.1, 0.15) is 22.3 Å². The van der Waals surface area contributed by atoms with Crippen LogP contribution in [-0.4, -0.2) is 34.5 Å². The largest absolute Gasteiger partial charge is 0.484 e. The number of ether oxygens (including phenoxy) is 1. The summed E-state index contributed by atoms with van der Waals surface area (Å²) in [6.07, 6.45) is 2.01. The normalized spacial score (nSPS) is 22.9. The molecule has 6 nitrogen and oxygen atoms in total. The molecule has 1 aromatic heterocycles. The maximum Gasteiger partial charge on any atom is 0.271 e. The smallest absolute Gasteiger partial charge is 0.271 e. The Hall–Kier alpha value is -2.97. The van der Waals surface area contributed by atoms with Crippen LogP contribution in [0.5, 0.6) is 5.75 Å². The molecule has 6 rings (SSSR count). The zero-order valence-corrected chi connectivity index (χ0v) is 18.4. The lowest BCUT2D eigenvalue weighted by atomic mass is 9.44. The summed E-state index contributed by atoms with van der Waals surface area (Å²) in [5.74, 6) is -0.845. The number of nitrogens with one attached hydrogen (secondary N) is 2. The predicted octanol–water partition coefficient (Wildman–Crippen LogP) is 4.20. The van der Waals surface area contributed by atoms with E-state index in [1.807, 2.05) is 30.3 Å². The van der Waals surface area contributed by atoms with Crippen LogP contribution in [-0.2, 0) is 4.79 Å². The Balaban J connectivity index is 1.10. The van der Waals surface area contributed by atoms with Gasteiger partial charge in [-0.15, -0.1) is 11.3 Å². The van der Waals surface area contributed by atoms with Gasteiger partial charge in [-0.25, -0.2) is 9.37 Å². The molecule has 0 atom stereocenters. The molecule has 2 bridgehead atoms. The number of amides is 2.